The molecule has 3 amide bonds. The van der Waals surface area contributed by atoms with Crippen LogP contribution >= 0.6 is 23.1 Å². The van der Waals surface area contributed by atoms with Crippen LogP contribution in [0.2, 0.25) is 0 Å². The number of esters is 1. The van der Waals surface area contributed by atoms with E-state index in [0.29, 0.717) is 21.8 Å². The van der Waals surface area contributed by atoms with Gasteiger partial charge < -0.3 is 20.7 Å². The Hall–Kier alpha value is -5.01. The number of nitro benzene ring substituents is 1. The molecule has 13 heteroatoms. The number of para-hydroxylation sites is 1. The number of nitrogens with zero attached hydrogens (tertiary/aromatic N) is 1. The minimum atomic E-state index is -0.685. The Labute approximate surface area is 254 Å². The van der Waals surface area contributed by atoms with Crippen molar-refractivity contribution in [1.82, 2.24) is 0 Å². The molecule has 11 nitrogen and oxygen atoms in total. The molecule has 0 radical (unpaired) electrons. The van der Waals surface area contributed by atoms with E-state index in [-0.39, 0.29) is 26.7 Å². The number of carbonyl (C=O) groups is 4. The van der Waals surface area contributed by atoms with E-state index in [1.54, 1.807) is 62.4 Å². The van der Waals surface area contributed by atoms with Crippen molar-refractivity contribution >= 4 is 68.9 Å². The van der Waals surface area contributed by atoms with Crippen LogP contribution in [-0.2, 0) is 9.53 Å². The van der Waals surface area contributed by atoms with Crippen molar-refractivity contribution in [2.45, 2.75) is 24.0 Å². The molecule has 0 fully saturated rings. The minimum Gasteiger partial charge on any atom is -0.465 e. The summed E-state index contributed by atoms with van der Waals surface area (Å²) in [5, 5.41) is 18.8. The first kappa shape index (κ1) is 30.9. The van der Waals surface area contributed by atoms with Crippen LogP contribution in [0.3, 0.4) is 0 Å². The van der Waals surface area contributed by atoms with Gasteiger partial charge in [0.15, 0.2) is 0 Å². The monoisotopic (exact) mass is 618 g/mol. The molecule has 1 heterocycles. The highest BCUT2D eigenvalue weighted by atomic mass is 32.2. The van der Waals surface area contributed by atoms with Crippen molar-refractivity contribution in [2.24, 2.45) is 0 Å². The van der Waals surface area contributed by atoms with Crippen LogP contribution in [0, 0.1) is 17.0 Å². The van der Waals surface area contributed by atoms with Gasteiger partial charge in [-0.1, -0.05) is 30.3 Å². The molecule has 4 rings (SSSR count). The van der Waals surface area contributed by atoms with Gasteiger partial charge in [-0.3, -0.25) is 24.5 Å². The highest BCUT2D eigenvalue weighted by Gasteiger charge is 2.27. The summed E-state index contributed by atoms with van der Waals surface area (Å²) in [5.74, 6) is -2.05. The fraction of sp³-hybridized carbons (Fsp3) is 0.133. The summed E-state index contributed by atoms with van der Waals surface area (Å²) in [4.78, 5) is 62.8. The third-order valence-electron chi connectivity index (χ3n) is 6.10. The van der Waals surface area contributed by atoms with Crippen LogP contribution in [0.1, 0.15) is 42.9 Å². The topological polar surface area (TPSA) is 157 Å². The molecule has 0 saturated heterocycles. The Morgan fingerprint density at radius 3 is 2.26 bits per heavy atom. The Morgan fingerprint density at radius 2 is 1.56 bits per heavy atom. The summed E-state index contributed by atoms with van der Waals surface area (Å²) in [6.07, 6.45) is 0. The molecule has 0 aliphatic carbocycles. The number of carbonyl (C=O) groups excluding carboxylic acids is 4. The zero-order valence-corrected chi connectivity index (χ0v) is 24.8. The Kier molecular flexibility index (Phi) is 9.91. The Morgan fingerprint density at radius 1 is 0.884 bits per heavy atom. The normalized spacial score (nSPS) is 11.2. The first-order valence-electron chi connectivity index (χ1n) is 12.8. The average molecular weight is 619 g/mol. The first-order chi connectivity index (χ1) is 20.6. The van der Waals surface area contributed by atoms with Crippen LogP contribution in [0.15, 0.2) is 83.8 Å². The van der Waals surface area contributed by atoms with Gasteiger partial charge in [0.25, 0.3) is 17.5 Å². The SMILES string of the molecule is COC(=O)c1c(NC(=O)C(C)Sc2cccc(NC(=O)c3cccc([N+](=O)[O-])c3)c2)sc(C(=O)Nc2ccccc2)c1C. The Bertz CT molecular complexity index is 1710. The molecule has 0 spiro atoms. The number of hydrogen-bond donors (Lipinski definition) is 3. The smallest absolute Gasteiger partial charge is 0.341 e. The summed E-state index contributed by atoms with van der Waals surface area (Å²) < 4.78 is 4.91. The van der Waals surface area contributed by atoms with Crippen LogP contribution in [0.25, 0.3) is 0 Å². The molecule has 1 aromatic heterocycles. The zero-order valence-electron chi connectivity index (χ0n) is 23.2. The fourth-order valence-corrected chi connectivity index (χ4v) is 5.98. The third kappa shape index (κ3) is 7.64. The van der Waals surface area contributed by atoms with Gasteiger partial charge in [-0.25, -0.2) is 4.79 Å². The second-order valence-corrected chi connectivity index (χ2v) is 11.5. The number of thioether (sulfide) groups is 1. The molecule has 0 bridgehead atoms. The number of hydrogen-bond acceptors (Lipinski definition) is 9. The Balaban J connectivity index is 1.46. The second kappa shape index (κ2) is 13.8. The lowest BCUT2D eigenvalue weighted by atomic mass is 10.1. The van der Waals surface area contributed by atoms with Gasteiger partial charge in [0.2, 0.25) is 5.91 Å². The van der Waals surface area contributed by atoms with Crippen molar-refractivity contribution in [3.8, 4) is 0 Å². The van der Waals surface area contributed by atoms with E-state index in [0.717, 1.165) is 11.3 Å². The predicted octanol–water partition coefficient (Wildman–Crippen LogP) is 6.38. The highest BCUT2D eigenvalue weighted by Crippen LogP contribution is 2.35. The summed E-state index contributed by atoms with van der Waals surface area (Å²) in [6.45, 7) is 3.29. The molecule has 43 heavy (non-hydrogen) atoms. The number of rotatable bonds is 10. The maximum atomic E-state index is 13.2. The van der Waals surface area contributed by atoms with Crippen LogP contribution < -0.4 is 16.0 Å². The zero-order chi connectivity index (χ0) is 31.1. The summed E-state index contributed by atoms with van der Waals surface area (Å²) >= 11 is 2.19. The van der Waals surface area contributed by atoms with E-state index in [4.69, 9.17) is 4.74 Å². The van der Waals surface area contributed by atoms with Crippen LogP contribution in [0.4, 0.5) is 22.1 Å². The third-order valence-corrected chi connectivity index (χ3v) is 8.40. The van der Waals surface area contributed by atoms with Crippen molar-refractivity contribution in [3.63, 3.8) is 0 Å². The minimum absolute atomic E-state index is 0.0992. The van der Waals surface area contributed by atoms with Gasteiger partial charge in [-0.15, -0.1) is 23.1 Å². The molecule has 3 aromatic carbocycles. The molecular weight excluding hydrogens is 592 g/mol. The average Bonchev–Trinajstić information content (AvgIpc) is 3.32. The molecule has 1 unspecified atom stereocenters. The van der Waals surface area contributed by atoms with E-state index in [2.05, 4.69) is 16.0 Å². The maximum absolute atomic E-state index is 13.2. The quantitative estimate of drug-likeness (QED) is 0.0800. The van der Waals surface area contributed by atoms with E-state index >= 15 is 0 Å². The number of non-ortho nitro benzene ring substituents is 1. The van der Waals surface area contributed by atoms with E-state index in [1.165, 1.54) is 43.1 Å². The second-order valence-electron chi connectivity index (χ2n) is 9.11. The first-order valence-corrected chi connectivity index (χ1v) is 14.5. The van der Waals surface area contributed by atoms with E-state index in [9.17, 15) is 29.3 Å². The van der Waals surface area contributed by atoms with E-state index < -0.39 is 33.9 Å². The lowest BCUT2D eigenvalue weighted by Crippen LogP contribution is -2.23. The van der Waals surface area contributed by atoms with Crippen LogP contribution in [0.5, 0.6) is 0 Å². The molecule has 1 atom stereocenters. The summed E-state index contributed by atoms with van der Waals surface area (Å²) in [5.41, 5.74) is 1.43. The number of thiophene rings is 1. The van der Waals surface area contributed by atoms with Gasteiger partial charge in [-0.05, 0) is 55.8 Å². The number of ether oxygens (including phenoxy) is 1. The van der Waals surface area contributed by atoms with E-state index in [1.807, 2.05) is 6.07 Å². The number of nitro groups is 1. The lowest BCUT2D eigenvalue weighted by molar-refractivity contribution is -0.384. The van der Waals surface area contributed by atoms with Gasteiger partial charge in [0.1, 0.15) is 5.00 Å². The largest absolute Gasteiger partial charge is 0.465 e. The van der Waals surface area contributed by atoms with Gasteiger partial charge in [-0.2, -0.15) is 0 Å². The van der Waals surface area contributed by atoms with Gasteiger partial charge in [0.05, 0.1) is 27.7 Å². The van der Waals surface area contributed by atoms with Crippen LogP contribution in [-0.4, -0.2) is 41.0 Å². The number of methoxy groups -OCH3 is 1. The van der Waals surface area contributed by atoms with Crippen molar-refractivity contribution < 1.29 is 28.8 Å². The molecule has 0 aliphatic heterocycles. The number of amides is 3. The summed E-state index contributed by atoms with van der Waals surface area (Å²) in [7, 11) is 1.22. The molecule has 220 valence electrons. The van der Waals surface area contributed by atoms with Crippen molar-refractivity contribution in [1.29, 1.82) is 0 Å². The predicted molar refractivity (Wildman–Crippen MR) is 166 cm³/mol. The summed E-state index contributed by atoms with van der Waals surface area (Å²) in [6, 6.07) is 21.0. The number of anilines is 3. The maximum Gasteiger partial charge on any atom is 0.341 e. The molecule has 3 N–H and O–H groups in total. The molecule has 4 aromatic rings. The molecule has 0 aliphatic rings. The van der Waals surface area contributed by atoms with Gasteiger partial charge in [0, 0.05) is 34.0 Å². The van der Waals surface area contributed by atoms with Crippen molar-refractivity contribution in [2.75, 3.05) is 23.1 Å². The number of nitrogens with one attached hydrogen (secondary N) is 3. The number of benzene rings is 3. The molecular formula is C30H26N4O7S2. The van der Waals surface area contributed by atoms with Crippen molar-refractivity contribution in [3.05, 3.63) is 111 Å². The van der Waals surface area contributed by atoms with Gasteiger partial charge >= 0.3 is 5.97 Å². The standard InChI is InChI=1S/C30H26N4O7S2/c1-17-24(30(38)41-3)29(43-25(17)28(37)31-20-10-5-4-6-11-20)33-26(35)18(2)42-23-14-8-12-21(16-23)32-27(36)19-9-7-13-22(15-19)34(39)40/h4-16,18H,1-3H3,(H,31,37)(H,32,36)(H,33,35). The fourth-order valence-electron chi connectivity index (χ4n) is 3.96. The molecule has 0 saturated carbocycles. The highest BCUT2D eigenvalue weighted by molar-refractivity contribution is 8.00. The lowest BCUT2D eigenvalue weighted by Gasteiger charge is -2.13.